The van der Waals surface area contributed by atoms with E-state index in [4.69, 9.17) is 9.47 Å². The van der Waals surface area contributed by atoms with E-state index in [2.05, 4.69) is 5.32 Å². The Morgan fingerprint density at radius 2 is 2.05 bits per heavy atom. The van der Waals surface area contributed by atoms with Gasteiger partial charge in [0.1, 0.15) is 5.75 Å². The largest absolute Gasteiger partial charge is 0.494 e. The van der Waals surface area contributed by atoms with Crippen LogP contribution in [0.3, 0.4) is 0 Å². The molecule has 0 heterocycles. The molecular formula is C17H18FNO3. The van der Waals surface area contributed by atoms with Gasteiger partial charge in [-0.2, -0.15) is 0 Å². The molecule has 0 unspecified atom stereocenters. The Morgan fingerprint density at radius 3 is 2.73 bits per heavy atom. The lowest BCUT2D eigenvalue weighted by atomic mass is 10.2. The molecule has 0 radical (unpaired) electrons. The van der Waals surface area contributed by atoms with Crippen molar-refractivity contribution in [1.82, 2.24) is 5.32 Å². The van der Waals surface area contributed by atoms with Gasteiger partial charge in [0.25, 0.3) is 5.91 Å². The lowest BCUT2D eigenvalue weighted by Gasteiger charge is -2.09. The summed E-state index contributed by atoms with van der Waals surface area (Å²) in [5.41, 5.74) is 1.72. The SMILES string of the molecule is COc1ccc(CNC(=O)COc2cccc(C)c2)cc1F. The molecule has 0 saturated heterocycles. The second kappa shape index (κ2) is 7.45. The molecule has 0 atom stereocenters. The molecule has 0 aromatic heterocycles. The van der Waals surface area contributed by atoms with Crippen LogP contribution >= 0.6 is 0 Å². The minimum absolute atomic E-state index is 0.0813. The first-order valence-corrected chi connectivity index (χ1v) is 6.87. The van der Waals surface area contributed by atoms with E-state index >= 15 is 0 Å². The third-order valence-electron chi connectivity index (χ3n) is 3.07. The summed E-state index contributed by atoms with van der Waals surface area (Å²) in [6.07, 6.45) is 0. The van der Waals surface area contributed by atoms with Crippen LogP contribution in [0.25, 0.3) is 0 Å². The van der Waals surface area contributed by atoms with Gasteiger partial charge < -0.3 is 14.8 Å². The second-order valence-corrected chi connectivity index (χ2v) is 4.85. The third kappa shape index (κ3) is 4.48. The van der Waals surface area contributed by atoms with E-state index in [0.717, 1.165) is 5.56 Å². The predicted octanol–water partition coefficient (Wildman–Crippen LogP) is 2.84. The standard InChI is InChI=1S/C17H18FNO3/c1-12-4-3-5-14(8-12)22-11-17(20)19-10-13-6-7-16(21-2)15(18)9-13/h3-9H,10-11H2,1-2H3,(H,19,20). The minimum atomic E-state index is -0.453. The monoisotopic (exact) mass is 303 g/mol. The van der Waals surface area contributed by atoms with Crippen molar-refractivity contribution in [1.29, 1.82) is 0 Å². The van der Waals surface area contributed by atoms with Gasteiger partial charge in [-0.1, -0.05) is 18.2 Å². The molecule has 0 aliphatic rings. The van der Waals surface area contributed by atoms with E-state index in [1.54, 1.807) is 12.1 Å². The molecule has 0 fully saturated rings. The van der Waals surface area contributed by atoms with E-state index in [1.165, 1.54) is 19.2 Å². The van der Waals surface area contributed by atoms with Crippen LogP contribution in [-0.2, 0) is 11.3 Å². The molecule has 0 aliphatic carbocycles. The van der Waals surface area contributed by atoms with Crippen molar-refractivity contribution in [3.63, 3.8) is 0 Å². The summed E-state index contributed by atoms with van der Waals surface area (Å²) in [5.74, 6) is 0.103. The number of halogens is 1. The summed E-state index contributed by atoms with van der Waals surface area (Å²) >= 11 is 0. The first kappa shape index (κ1) is 15.8. The van der Waals surface area contributed by atoms with Crippen LogP contribution in [-0.4, -0.2) is 19.6 Å². The lowest BCUT2D eigenvalue weighted by Crippen LogP contribution is -2.28. The molecule has 2 rings (SSSR count). The van der Waals surface area contributed by atoms with Crippen LogP contribution in [0.2, 0.25) is 0 Å². The molecule has 1 amide bonds. The number of aryl methyl sites for hydroxylation is 1. The highest BCUT2D eigenvalue weighted by molar-refractivity contribution is 5.77. The third-order valence-corrected chi connectivity index (χ3v) is 3.07. The molecule has 116 valence electrons. The van der Waals surface area contributed by atoms with Gasteiger partial charge in [-0.15, -0.1) is 0 Å². The van der Waals surface area contributed by atoms with Gasteiger partial charge in [0.2, 0.25) is 0 Å². The first-order chi connectivity index (χ1) is 10.6. The zero-order chi connectivity index (χ0) is 15.9. The highest BCUT2D eigenvalue weighted by Crippen LogP contribution is 2.17. The molecule has 5 heteroatoms. The van der Waals surface area contributed by atoms with Crippen LogP contribution in [0.15, 0.2) is 42.5 Å². The van der Waals surface area contributed by atoms with Gasteiger partial charge in [-0.3, -0.25) is 4.79 Å². The van der Waals surface area contributed by atoms with Gasteiger partial charge in [-0.05, 0) is 42.3 Å². The number of carbonyl (C=O) groups excluding carboxylic acids is 1. The van der Waals surface area contributed by atoms with E-state index in [1.807, 2.05) is 25.1 Å². The second-order valence-electron chi connectivity index (χ2n) is 4.85. The zero-order valence-corrected chi connectivity index (χ0v) is 12.6. The summed E-state index contributed by atoms with van der Waals surface area (Å²) in [5, 5.41) is 2.68. The maximum absolute atomic E-state index is 13.5. The Labute approximate surface area is 128 Å². The van der Waals surface area contributed by atoms with E-state index < -0.39 is 5.82 Å². The summed E-state index contributed by atoms with van der Waals surface area (Å²) in [4.78, 5) is 11.7. The number of rotatable bonds is 6. The van der Waals surface area contributed by atoms with Crippen LogP contribution in [0, 0.1) is 12.7 Å². The normalized spacial score (nSPS) is 10.1. The number of benzene rings is 2. The fourth-order valence-corrected chi connectivity index (χ4v) is 1.93. The number of nitrogens with one attached hydrogen (secondary N) is 1. The summed E-state index contributed by atoms with van der Waals surface area (Å²) < 4.78 is 23.8. The molecule has 0 saturated carbocycles. The Hall–Kier alpha value is -2.56. The topological polar surface area (TPSA) is 47.6 Å². The average Bonchev–Trinajstić information content (AvgIpc) is 2.51. The van der Waals surface area contributed by atoms with Crippen molar-refractivity contribution < 1.29 is 18.7 Å². The van der Waals surface area contributed by atoms with E-state index in [9.17, 15) is 9.18 Å². The summed E-state index contributed by atoms with van der Waals surface area (Å²) in [6, 6.07) is 12.0. The van der Waals surface area contributed by atoms with Gasteiger partial charge in [-0.25, -0.2) is 4.39 Å². The first-order valence-electron chi connectivity index (χ1n) is 6.87. The number of ether oxygens (including phenoxy) is 2. The Kier molecular flexibility index (Phi) is 5.36. The van der Waals surface area contributed by atoms with Crippen LogP contribution in [0.5, 0.6) is 11.5 Å². The number of amides is 1. The smallest absolute Gasteiger partial charge is 0.258 e. The molecule has 4 nitrogen and oxygen atoms in total. The minimum Gasteiger partial charge on any atom is -0.494 e. The highest BCUT2D eigenvalue weighted by Gasteiger charge is 2.06. The van der Waals surface area contributed by atoms with Crippen molar-refractivity contribution in [3.8, 4) is 11.5 Å². The van der Waals surface area contributed by atoms with Crippen LogP contribution in [0.1, 0.15) is 11.1 Å². The molecule has 0 spiro atoms. The summed E-state index contributed by atoms with van der Waals surface area (Å²) in [7, 11) is 1.41. The molecule has 2 aromatic rings. The van der Waals surface area contributed by atoms with Crippen molar-refractivity contribution in [3.05, 3.63) is 59.4 Å². The molecule has 2 aromatic carbocycles. The Morgan fingerprint density at radius 1 is 1.23 bits per heavy atom. The van der Waals surface area contributed by atoms with Crippen molar-refractivity contribution >= 4 is 5.91 Å². The fourth-order valence-electron chi connectivity index (χ4n) is 1.93. The van der Waals surface area contributed by atoms with Gasteiger partial charge in [0.05, 0.1) is 7.11 Å². The molecule has 0 aliphatic heterocycles. The molecule has 1 N–H and O–H groups in total. The molecule has 0 bridgehead atoms. The quantitative estimate of drug-likeness (QED) is 0.892. The van der Waals surface area contributed by atoms with Crippen LogP contribution < -0.4 is 14.8 Å². The number of hydrogen-bond donors (Lipinski definition) is 1. The van der Waals surface area contributed by atoms with Crippen molar-refractivity contribution in [2.75, 3.05) is 13.7 Å². The highest BCUT2D eigenvalue weighted by atomic mass is 19.1. The predicted molar refractivity (Wildman–Crippen MR) is 81.5 cm³/mol. The van der Waals surface area contributed by atoms with E-state index in [-0.39, 0.29) is 24.8 Å². The molecule has 22 heavy (non-hydrogen) atoms. The average molecular weight is 303 g/mol. The fraction of sp³-hybridized carbons (Fsp3) is 0.235. The Bertz CT molecular complexity index is 658. The van der Waals surface area contributed by atoms with Gasteiger partial charge in [0.15, 0.2) is 18.2 Å². The van der Waals surface area contributed by atoms with Crippen LogP contribution in [0.4, 0.5) is 4.39 Å². The van der Waals surface area contributed by atoms with Crippen molar-refractivity contribution in [2.45, 2.75) is 13.5 Å². The zero-order valence-electron chi connectivity index (χ0n) is 12.6. The summed E-state index contributed by atoms with van der Waals surface area (Å²) in [6.45, 7) is 2.10. The van der Waals surface area contributed by atoms with Gasteiger partial charge >= 0.3 is 0 Å². The van der Waals surface area contributed by atoms with Gasteiger partial charge in [0, 0.05) is 6.54 Å². The number of carbonyl (C=O) groups is 1. The Balaban J connectivity index is 1.81. The van der Waals surface area contributed by atoms with E-state index in [0.29, 0.717) is 11.3 Å². The maximum Gasteiger partial charge on any atom is 0.258 e. The number of methoxy groups -OCH3 is 1. The number of hydrogen-bond acceptors (Lipinski definition) is 3. The lowest BCUT2D eigenvalue weighted by molar-refractivity contribution is -0.123. The molecular weight excluding hydrogens is 285 g/mol. The van der Waals surface area contributed by atoms with Crippen molar-refractivity contribution in [2.24, 2.45) is 0 Å². The maximum atomic E-state index is 13.5.